The van der Waals surface area contributed by atoms with Gasteiger partial charge in [-0.2, -0.15) is 0 Å². The van der Waals surface area contributed by atoms with E-state index in [4.69, 9.17) is 9.52 Å². The van der Waals surface area contributed by atoms with Crippen LogP contribution in [0.5, 0.6) is 0 Å². The van der Waals surface area contributed by atoms with Crippen LogP contribution in [0.15, 0.2) is 16.5 Å². The smallest absolute Gasteiger partial charge is 0.303 e. The highest BCUT2D eigenvalue weighted by Crippen LogP contribution is 2.08. The van der Waals surface area contributed by atoms with Gasteiger partial charge >= 0.3 is 5.97 Å². The molecule has 0 fully saturated rings. The summed E-state index contributed by atoms with van der Waals surface area (Å²) in [5, 5.41) is 8.34. The van der Waals surface area contributed by atoms with Gasteiger partial charge in [-0.05, 0) is 19.1 Å². The van der Waals surface area contributed by atoms with Gasteiger partial charge in [-0.1, -0.05) is 0 Å². The first-order valence-corrected chi connectivity index (χ1v) is 3.45. The number of carbonyl (C=O) groups is 1. The van der Waals surface area contributed by atoms with Crippen molar-refractivity contribution in [3.63, 3.8) is 0 Å². The predicted molar refractivity (Wildman–Crippen MR) is 39.4 cm³/mol. The van der Waals surface area contributed by atoms with Crippen molar-refractivity contribution in [1.82, 2.24) is 0 Å². The quantitative estimate of drug-likeness (QED) is 0.719. The number of furan rings is 1. The highest BCUT2D eigenvalue weighted by molar-refractivity contribution is 5.66. The number of hydrogen-bond acceptors (Lipinski definition) is 2. The fourth-order valence-electron chi connectivity index (χ4n) is 0.850. The molecule has 1 heterocycles. The molecule has 0 amide bonds. The van der Waals surface area contributed by atoms with Gasteiger partial charge in [-0.25, -0.2) is 0 Å². The van der Waals surface area contributed by atoms with Crippen LogP contribution in [-0.2, 0) is 11.2 Å². The second kappa shape index (κ2) is 3.23. The van der Waals surface area contributed by atoms with Gasteiger partial charge in [-0.15, -0.1) is 0 Å². The summed E-state index contributed by atoms with van der Waals surface area (Å²) in [6.07, 6.45) is 0.607. The standard InChI is InChI=1S/C8H10O3/c1-6-2-3-7(11-6)4-5-8(9)10/h2-3H,4-5H2,1H3,(H,9,10). The lowest BCUT2D eigenvalue weighted by molar-refractivity contribution is -0.137. The molecule has 3 heteroatoms. The lowest BCUT2D eigenvalue weighted by atomic mass is 10.2. The van der Waals surface area contributed by atoms with Crippen molar-refractivity contribution >= 4 is 5.97 Å². The number of rotatable bonds is 3. The van der Waals surface area contributed by atoms with Crippen molar-refractivity contribution < 1.29 is 14.3 Å². The monoisotopic (exact) mass is 154 g/mol. The molecule has 0 saturated heterocycles. The normalized spacial score (nSPS) is 9.91. The number of hydrogen-bond donors (Lipinski definition) is 1. The van der Waals surface area contributed by atoms with Gasteiger partial charge < -0.3 is 9.52 Å². The molecular formula is C8H10O3. The van der Waals surface area contributed by atoms with Crippen LogP contribution in [0.3, 0.4) is 0 Å². The predicted octanol–water partition coefficient (Wildman–Crippen LogP) is 1.61. The van der Waals surface area contributed by atoms with E-state index < -0.39 is 5.97 Å². The minimum atomic E-state index is -0.793. The Morgan fingerprint density at radius 3 is 2.82 bits per heavy atom. The van der Waals surface area contributed by atoms with Crippen LogP contribution in [0, 0.1) is 6.92 Å². The maximum Gasteiger partial charge on any atom is 0.303 e. The zero-order valence-corrected chi connectivity index (χ0v) is 6.33. The van der Waals surface area contributed by atoms with E-state index in [0.717, 1.165) is 11.5 Å². The maximum absolute atomic E-state index is 10.1. The first-order valence-electron chi connectivity index (χ1n) is 3.45. The SMILES string of the molecule is Cc1ccc(CCC(=O)O)o1. The Bertz CT molecular complexity index is 250. The molecule has 3 nitrogen and oxygen atoms in total. The molecule has 0 unspecified atom stereocenters. The second-order valence-electron chi connectivity index (χ2n) is 2.41. The van der Waals surface area contributed by atoms with Crippen molar-refractivity contribution in [2.75, 3.05) is 0 Å². The van der Waals surface area contributed by atoms with Gasteiger partial charge in [0.25, 0.3) is 0 Å². The average Bonchev–Trinajstić information content (AvgIpc) is 2.31. The molecule has 0 radical (unpaired) electrons. The van der Waals surface area contributed by atoms with Crippen LogP contribution in [0.4, 0.5) is 0 Å². The first-order chi connectivity index (χ1) is 5.18. The summed E-state index contributed by atoms with van der Waals surface area (Å²) < 4.78 is 5.17. The first kappa shape index (κ1) is 7.85. The third-order valence-electron chi connectivity index (χ3n) is 1.38. The summed E-state index contributed by atoms with van der Waals surface area (Å²) in [5.41, 5.74) is 0. The molecule has 0 saturated carbocycles. The van der Waals surface area contributed by atoms with E-state index in [2.05, 4.69) is 0 Å². The van der Waals surface area contributed by atoms with Crippen LogP contribution < -0.4 is 0 Å². The zero-order chi connectivity index (χ0) is 8.27. The number of carboxylic acids is 1. The van der Waals surface area contributed by atoms with E-state index in [1.807, 2.05) is 13.0 Å². The summed E-state index contributed by atoms with van der Waals surface area (Å²) in [5.74, 6) is 0.773. The molecule has 1 rings (SSSR count). The average molecular weight is 154 g/mol. The van der Waals surface area contributed by atoms with Crippen molar-refractivity contribution in [3.05, 3.63) is 23.7 Å². The largest absolute Gasteiger partial charge is 0.481 e. The molecule has 0 aliphatic rings. The summed E-state index contributed by atoms with van der Waals surface area (Å²) >= 11 is 0. The minimum Gasteiger partial charge on any atom is -0.481 e. The van der Waals surface area contributed by atoms with Gasteiger partial charge in [0.15, 0.2) is 0 Å². The molecule has 0 bridgehead atoms. The molecule has 0 aliphatic heterocycles. The van der Waals surface area contributed by atoms with Crippen LogP contribution in [-0.4, -0.2) is 11.1 Å². The number of aryl methyl sites for hydroxylation is 2. The summed E-state index contributed by atoms with van der Waals surface area (Å²) in [4.78, 5) is 10.1. The van der Waals surface area contributed by atoms with E-state index in [9.17, 15) is 4.79 Å². The van der Waals surface area contributed by atoms with Crippen molar-refractivity contribution in [2.24, 2.45) is 0 Å². The number of aliphatic carboxylic acids is 1. The van der Waals surface area contributed by atoms with Crippen molar-refractivity contribution in [1.29, 1.82) is 0 Å². The van der Waals surface area contributed by atoms with Crippen molar-refractivity contribution in [2.45, 2.75) is 19.8 Å². The van der Waals surface area contributed by atoms with Crippen LogP contribution >= 0.6 is 0 Å². The molecule has 0 spiro atoms. The Hall–Kier alpha value is -1.25. The summed E-state index contributed by atoms with van der Waals surface area (Å²) in [7, 11) is 0. The van der Waals surface area contributed by atoms with E-state index in [1.165, 1.54) is 0 Å². The lowest BCUT2D eigenvalue weighted by Crippen LogP contribution is -1.95. The van der Waals surface area contributed by atoms with Crippen LogP contribution in [0.1, 0.15) is 17.9 Å². The molecule has 11 heavy (non-hydrogen) atoms. The Labute approximate surface area is 64.6 Å². The van der Waals surface area contributed by atoms with Gasteiger partial charge in [-0.3, -0.25) is 4.79 Å². The molecule has 1 aromatic rings. The van der Waals surface area contributed by atoms with E-state index in [1.54, 1.807) is 6.07 Å². The third-order valence-corrected chi connectivity index (χ3v) is 1.38. The van der Waals surface area contributed by atoms with Crippen LogP contribution in [0.25, 0.3) is 0 Å². The fraction of sp³-hybridized carbons (Fsp3) is 0.375. The van der Waals surface area contributed by atoms with Gasteiger partial charge in [0.05, 0.1) is 6.42 Å². The maximum atomic E-state index is 10.1. The lowest BCUT2D eigenvalue weighted by Gasteiger charge is -1.90. The van der Waals surface area contributed by atoms with E-state index in [-0.39, 0.29) is 6.42 Å². The highest BCUT2D eigenvalue weighted by atomic mass is 16.4. The number of carboxylic acid groups (broad SMARTS) is 1. The van der Waals surface area contributed by atoms with Gasteiger partial charge in [0.2, 0.25) is 0 Å². The topological polar surface area (TPSA) is 50.4 Å². The summed E-state index contributed by atoms with van der Waals surface area (Å²) in [6, 6.07) is 3.63. The van der Waals surface area contributed by atoms with E-state index >= 15 is 0 Å². The molecular weight excluding hydrogens is 144 g/mol. The molecule has 0 atom stereocenters. The summed E-state index contributed by atoms with van der Waals surface area (Å²) in [6.45, 7) is 1.84. The minimum absolute atomic E-state index is 0.132. The Morgan fingerprint density at radius 1 is 1.64 bits per heavy atom. The second-order valence-corrected chi connectivity index (χ2v) is 2.41. The molecule has 60 valence electrons. The Kier molecular flexibility index (Phi) is 2.31. The molecule has 1 N–H and O–H groups in total. The van der Waals surface area contributed by atoms with Crippen LogP contribution in [0.2, 0.25) is 0 Å². The van der Waals surface area contributed by atoms with Gasteiger partial charge in [0.1, 0.15) is 11.5 Å². The Morgan fingerprint density at radius 2 is 2.36 bits per heavy atom. The molecule has 0 aliphatic carbocycles. The van der Waals surface area contributed by atoms with Crippen molar-refractivity contribution in [3.8, 4) is 0 Å². The van der Waals surface area contributed by atoms with E-state index in [0.29, 0.717) is 6.42 Å². The fourth-order valence-corrected chi connectivity index (χ4v) is 0.850. The zero-order valence-electron chi connectivity index (χ0n) is 6.33. The van der Waals surface area contributed by atoms with Gasteiger partial charge in [0, 0.05) is 6.42 Å². The third kappa shape index (κ3) is 2.45. The molecule has 1 aromatic heterocycles. The molecule has 0 aromatic carbocycles. The highest BCUT2D eigenvalue weighted by Gasteiger charge is 2.01. The Balaban J connectivity index is 2.45.